The minimum Gasteiger partial charge on any atom is -0.494 e. The highest BCUT2D eigenvalue weighted by Gasteiger charge is 2.45. The highest BCUT2D eigenvalue weighted by molar-refractivity contribution is 7.89. The van der Waals surface area contributed by atoms with Gasteiger partial charge in [-0.1, -0.05) is 23.7 Å². The van der Waals surface area contributed by atoms with Crippen LogP contribution in [-0.4, -0.2) is 144 Å². The molecule has 3 N–H and O–H groups in total. The van der Waals surface area contributed by atoms with E-state index in [2.05, 4.69) is 40.6 Å². The van der Waals surface area contributed by atoms with Crippen molar-refractivity contribution in [1.29, 1.82) is 0 Å². The van der Waals surface area contributed by atoms with Crippen molar-refractivity contribution >= 4 is 96.6 Å². The Morgan fingerprint density at radius 3 is 2.31 bits per heavy atom. The lowest BCUT2D eigenvalue weighted by atomic mass is 10.0. The number of benzene rings is 3. The van der Waals surface area contributed by atoms with E-state index in [4.69, 9.17) is 16.3 Å². The van der Waals surface area contributed by atoms with Crippen molar-refractivity contribution in [3.05, 3.63) is 89.2 Å². The Balaban J connectivity index is 0.708. The number of rotatable bonds is 11. The molecule has 21 heteroatoms. The first-order chi connectivity index (χ1) is 32.7. The summed E-state index contributed by atoms with van der Waals surface area (Å²) in [5.74, 6) is -1.03. The average molecular weight is 965 g/mol. The van der Waals surface area contributed by atoms with E-state index in [-0.39, 0.29) is 46.8 Å². The van der Waals surface area contributed by atoms with Gasteiger partial charge in [-0.25, -0.2) is 17.4 Å². The molecule has 0 aliphatic carbocycles. The molecule has 68 heavy (non-hydrogen) atoms. The number of amides is 5. The molecule has 0 saturated carbocycles. The molecule has 4 saturated heterocycles. The molecular weight excluding hydrogens is 914 g/mol. The van der Waals surface area contributed by atoms with Crippen LogP contribution in [0.25, 0.3) is 10.9 Å². The van der Waals surface area contributed by atoms with E-state index >= 15 is 0 Å². The summed E-state index contributed by atoms with van der Waals surface area (Å²) in [4.78, 5) is 83.5. The number of fused-ring (bicyclic) bond motifs is 2. The molecule has 5 amide bonds. The first kappa shape index (κ1) is 45.0. The summed E-state index contributed by atoms with van der Waals surface area (Å²) in [6.07, 6.45) is 6.92. The molecule has 2 aromatic heterocycles. The molecule has 3 aromatic carbocycles. The van der Waals surface area contributed by atoms with Crippen molar-refractivity contribution in [2.45, 2.75) is 44.2 Å². The number of aromatic nitrogens is 3. The van der Waals surface area contributed by atoms with Crippen molar-refractivity contribution < 1.29 is 37.1 Å². The van der Waals surface area contributed by atoms with Gasteiger partial charge in [0.05, 0.1) is 53.5 Å². The number of nitrogens with one attached hydrogen (secondary N) is 3. The lowest BCUT2D eigenvalue weighted by molar-refractivity contribution is -0.137. The second-order valence-electron chi connectivity index (χ2n) is 17.8. The fourth-order valence-corrected chi connectivity index (χ4v) is 11.1. The molecular formula is C47H50ClN11O8S. The van der Waals surface area contributed by atoms with Crippen LogP contribution in [0.1, 0.15) is 52.8 Å². The molecule has 1 unspecified atom stereocenters. The van der Waals surface area contributed by atoms with E-state index in [9.17, 15) is 32.4 Å². The molecule has 2 atom stereocenters. The second kappa shape index (κ2) is 18.0. The van der Waals surface area contributed by atoms with E-state index in [0.29, 0.717) is 67.1 Å². The Morgan fingerprint density at radius 1 is 0.824 bits per heavy atom. The van der Waals surface area contributed by atoms with Crippen LogP contribution in [0, 0.1) is 5.92 Å². The van der Waals surface area contributed by atoms with Gasteiger partial charge in [0, 0.05) is 93.8 Å². The normalized spacial score (nSPS) is 20.6. The number of halogens is 1. The summed E-state index contributed by atoms with van der Waals surface area (Å²) < 4.78 is 32.0. The molecule has 5 aliphatic heterocycles. The van der Waals surface area contributed by atoms with Crippen LogP contribution in [0.5, 0.6) is 5.75 Å². The quantitative estimate of drug-likeness (QED) is 0.156. The first-order valence-corrected chi connectivity index (χ1v) is 24.9. The predicted molar refractivity (Wildman–Crippen MR) is 256 cm³/mol. The van der Waals surface area contributed by atoms with Crippen molar-refractivity contribution in [3.8, 4) is 5.75 Å². The van der Waals surface area contributed by atoms with Gasteiger partial charge in [0.1, 0.15) is 16.8 Å². The number of piperazine rings is 1. The molecule has 10 rings (SSSR count). The molecule has 7 heterocycles. The summed E-state index contributed by atoms with van der Waals surface area (Å²) in [5, 5.41) is 9.65. The van der Waals surface area contributed by atoms with Crippen LogP contribution in [0.2, 0.25) is 5.02 Å². The topological polar surface area (TPSA) is 212 Å². The zero-order valence-electron chi connectivity index (χ0n) is 37.5. The minimum atomic E-state index is -3.57. The smallest absolute Gasteiger partial charge is 0.262 e. The molecule has 354 valence electrons. The monoisotopic (exact) mass is 963 g/mol. The van der Waals surface area contributed by atoms with Gasteiger partial charge in [-0.15, -0.1) is 0 Å². The molecule has 0 spiro atoms. The lowest BCUT2D eigenvalue weighted by Crippen LogP contribution is -2.55. The number of nitrogens with zero attached hydrogens (tertiary/aromatic N) is 8. The van der Waals surface area contributed by atoms with Gasteiger partial charge < -0.3 is 30.1 Å². The van der Waals surface area contributed by atoms with Crippen molar-refractivity contribution in [2.24, 2.45) is 5.92 Å². The zero-order valence-corrected chi connectivity index (χ0v) is 39.1. The largest absolute Gasteiger partial charge is 0.494 e. The van der Waals surface area contributed by atoms with Gasteiger partial charge in [-0.2, -0.15) is 4.98 Å². The van der Waals surface area contributed by atoms with E-state index < -0.39 is 39.7 Å². The fourth-order valence-electron chi connectivity index (χ4n) is 10.2. The maximum Gasteiger partial charge on any atom is 0.262 e. The number of para-hydroxylation sites is 1. The number of anilines is 6. The molecule has 0 radical (unpaired) electrons. The van der Waals surface area contributed by atoms with Crippen molar-refractivity contribution in [1.82, 2.24) is 34.0 Å². The highest BCUT2D eigenvalue weighted by atomic mass is 35.5. The van der Waals surface area contributed by atoms with Gasteiger partial charge in [-0.3, -0.25) is 39.1 Å². The van der Waals surface area contributed by atoms with Crippen LogP contribution >= 0.6 is 11.6 Å². The van der Waals surface area contributed by atoms with E-state index in [0.717, 1.165) is 66.9 Å². The number of hydrogen-bond acceptors (Lipinski definition) is 15. The Hall–Kier alpha value is -6.77. The minimum absolute atomic E-state index is 0.0577. The van der Waals surface area contributed by atoms with Crippen molar-refractivity contribution in [2.75, 3.05) is 86.2 Å². The maximum atomic E-state index is 13.8. The van der Waals surface area contributed by atoms with Crippen LogP contribution in [0.4, 0.5) is 34.5 Å². The Labute approximate surface area is 397 Å². The highest BCUT2D eigenvalue weighted by Crippen LogP contribution is 2.37. The summed E-state index contributed by atoms with van der Waals surface area (Å²) in [5.41, 5.74) is 3.89. The number of carbonyl (C=O) groups is 5. The number of hydrogen-bond donors (Lipinski definition) is 3. The van der Waals surface area contributed by atoms with Crippen LogP contribution in [-0.2, 0) is 24.4 Å². The summed E-state index contributed by atoms with van der Waals surface area (Å²) >= 11 is 6.52. The number of imide groups is 2. The number of methoxy groups -OCH3 is 1. The SMILES string of the molecule is COc1cc(N2CCC(N3CCN(C(=O)[C@@H]4CCN(c5ccc6c(c5)C(=O)N(C5CCC(=O)NC5=O)C6=O)C4)CC3)CC2)ccc1Nc1ncc(Cl)c(Nc2cccc3ccn(S(C)(=O)=O)c23)n1. The summed E-state index contributed by atoms with van der Waals surface area (Å²) in [6, 6.07) is 17.6. The van der Waals surface area contributed by atoms with Gasteiger partial charge in [0.15, 0.2) is 5.82 Å². The predicted octanol–water partition coefficient (Wildman–Crippen LogP) is 4.43. The van der Waals surface area contributed by atoms with Crippen LogP contribution in [0.15, 0.2) is 73.1 Å². The maximum absolute atomic E-state index is 13.8. The standard InChI is InChI=1S/C47H50ClN11O8S/c1-67-39-25-32(7-9-36(39)51-47-49-26-35(48)42(53-47)50-37-5-3-4-28-13-19-58(41(28)37)68(2,65)66)54-17-14-30(15-18-54)55-20-22-56(23-21-55)44(62)29-12-16-57(27-29)31-6-8-33-34(24-31)46(64)59(45(33)63)38-10-11-40(60)52-43(38)61/h3-9,13,19,24-26,29-30,38H,10-12,14-18,20-23,27H2,1-2H3,(H,52,60,61)(H2,49,50,51,53)/t29-,38?/m1/s1. The number of piperidine rings is 2. The zero-order chi connectivity index (χ0) is 47.4. The molecule has 0 bridgehead atoms. The summed E-state index contributed by atoms with van der Waals surface area (Å²) in [7, 11) is -1.96. The van der Waals surface area contributed by atoms with Gasteiger partial charge in [0.25, 0.3) is 11.8 Å². The van der Waals surface area contributed by atoms with Gasteiger partial charge in [-0.05, 0) is 68.1 Å². The Morgan fingerprint density at radius 2 is 1.56 bits per heavy atom. The van der Waals surface area contributed by atoms with E-state index in [1.807, 2.05) is 35.2 Å². The fraction of sp³-hybridized carbons (Fsp3) is 0.383. The third kappa shape index (κ3) is 8.55. The lowest BCUT2D eigenvalue weighted by Gasteiger charge is -2.43. The van der Waals surface area contributed by atoms with E-state index in [1.54, 1.807) is 37.4 Å². The number of carbonyl (C=O) groups excluding carboxylic acids is 5. The van der Waals surface area contributed by atoms with Crippen molar-refractivity contribution in [3.63, 3.8) is 0 Å². The summed E-state index contributed by atoms with van der Waals surface area (Å²) in [6.45, 7) is 5.80. The Bertz CT molecular complexity index is 2990. The van der Waals surface area contributed by atoms with Gasteiger partial charge in [0.2, 0.25) is 33.7 Å². The third-order valence-corrected chi connectivity index (χ3v) is 15.1. The molecule has 5 aliphatic rings. The third-order valence-electron chi connectivity index (χ3n) is 13.8. The number of ether oxygens (including phenoxy) is 1. The van der Waals surface area contributed by atoms with Gasteiger partial charge >= 0.3 is 0 Å². The molecule has 4 fully saturated rings. The second-order valence-corrected chi connectivity index (χ2v) is 20.1. The molecule has 19 nitrogen and oxygen atoms in total. The van der Waals surface area contributed by atoms with Crippen LogP contribution < -0.4 is 30.5 Å². The Kier molecular flexibility index (Phi) is 11.9. The van der Waals surface area contributed by atoms with E-state index in [1.165, 1.54) is 16.4 Å². The first-order valence-electron chi connectivity index (χ1n) is 22.7. The average Bonchev–Trinajstić information content (AvgIpc) is 4.08. The molecule has 5 aromatic rings. The van der Waals surface area contributed by atoms with Crippen LogP contribution in [0.3, 0.4) is 0 Å².